The minimum absolute atomic E-state index is 0.216. The quantitative estimate of drug-likeness (QED) is 0.802. The van der Waals surface area contributed by atoms with Crippen molar-refractivity contribution in [2.45, 2.75) is 58.9 Å². The maximum Gasteiger partial charge on any atom is 0.128 e. The van der Waals surface area contributed by atoms with Crippen molar-refractivity contribution in [3.05, 3.63) is 23.3 Å². The first-order valence-corrected chi connectivity index (χ1v) is 6.24. The fourth-order valence-electron chi connectivity index (χ4n) is 1.66. The molecule has 2 N–H and O–H groups in total. The van der Waals surface area contributed by atoms with Gasteiger partial charge in [-0.25, -0.2) is 9.97 Å². The van der Waals surface area contributed by atoms with E-state index in [-0.39, 0.29) is 6.04 Å². The molecule has 90 valence electrons. The average molecular weight is 221 g/mol. The van der Waals surface area contributed by atoms with Gasteiger partial charge in [0.25, 0.3) is 0 Å². The van der Waals surface area contributed by atoms with Crippen molar-refractivity contribution in [3.63, 3.8) is 0 Å². The van der Waals surface area contributed by atoms with Gasteiger partial charge in [0, 0.05) is 30.3 Å². The lowest BCUT2D eigenvalue weighted by molar-refractivity contribution is 0.629. The van der Waals surface area contributed by atoms with Crippen molar-refractivity contribution in [1.29, 1.82) is 0 Å². The number of aryl methyl sites for hydroxylation is 2. The Morgan fingerprint density at radius 2 is 2.06 bits per heavy atom. The Balaban J connectivity index is 2.73. The first kappa shape index (κ1) is 13.1. The number of hydrogen-bond acceptors (Lipinski definition) is 3. The van der Waals surface area contributed by atoms with Gasteiger partial charge in [0.1, 0.15) is 5.82 Å². The zero-order valence-electron chi connectivity index (χ0n) is 10.7. The smallest absolute Gasteiger partial charge is 0.128 e. The predicted octanol–water partition coefficient (Wildman–Crippen LogP) is 2.41. The molecule has 0 bridgehead atoms. The molecular formula is C13H23N3. The van der Waals surface area contributed by atoms with Crippen molar-refractivity contribution >= 4 is 0 Å². The molecule has 3 nitrogen and oxygen atoms in total. The van der Waals surface area contributed by atoms with E-state index in [1.165, 1.54) is 6.42 Å². The topological polar surface area (TPSA) is 51.8 Å². The molecule has 1 atom stereocenters. The number of aromatic nitrogens is 2. The predicted molar refractivity (Wildman–Crippen MR) is 67.4 cm³/mol. The van der Waals surface area contributed by atoms with Gasteiger partial charge in [-0.15, -0.1) is 0 Å². The summed E-state index contributed by atoms with van der Waals surface area (Å²) in [5.74, 6) is 0.972. The van der Waals surface area contributed by atoms with E-state index in [9.17, 15) is 0 Å². The van der Waals surface area contributed by atoms with Crippen LogP contribution in [0.4, 0.5) is 0 Å². The van der Waals surface area contributed by atoms with E-state index in [1.807, 2.05) is 13.0 Å². The van der Waals surface area contributed by atoms with Crippen LogP contribution in [0.25, 0.3) is 0 Å². The van der Waals surface area contributed by atoms with Gasteiger partial charge in [-0.2, -0.15) is 0 Å². The van der Waals surface area contributed by atoms with Crippen molar-refractivity contribution in [2.24, 2.45) is 5.73 Å². The maximum atomic E-state index is 5.94. The molecule has 1 aromatic rings. The van der Waals surface area contributed by atoms with Crippen LogP contribution < -0.4 is 5.73 Å². The van der Waals surface area contributed by atoms with Crippen LogP contribution in [-0.2, 0) is 12.8 Å². The van der Waals surface area contributed by atoms with Crippen molar-refractivity contribution in [1.82, 2.24) is 9.97 Å². The summed E-state index contributed by atoms with van der Waals surface area (Å²) in [4.78, 5) is 9.02. The average Bonchev–Trinajstić information content (AvgIpc) is 2.25. The van der Waals surface area contributed by atoms with Gasteiger partial charge in [0.05, 0.1) is 0 Å². The Hall–Kier alpha value is -0.960. The number of nitrogens with two attached hydrogens (primary N) is 1. The van der Waals surface area contributed by atoms with Crippen LogP contribution in [0.1, 0.15) is 50.3 Å². The number of hydrogen-bond donors (Lipinski definition) is 1. The molecule has 16 heavy (non-hydrogen) atoms. The first-order chi connectivity index (χ1) is 7.65. The molecule has 1 rings (SSSR count). The van der Waals surface area contributed by atoms with E-state index >= 15 is 0 Å². The molecule has 0 spiro atoms. The van der Waals surface area contributed by atoms with Gasteiger partial charge in [0.15, 0.2) is 0 Å². The van der Waals surface area contributed by atoms with Crippen LogP contribution in [0.5, 0.6) is 0 Å². The minimum Gasteiger partial charge on any atom is -0.327 e. The monoisotopic (exact) mass is 221 g/mol. The molecule has 1 unspecified atom stereocenters. The summed E-state index contributed by atoms with van der Waals surface area (Å²) in [5.41, 5.74) is 8.09. The third-order valence-electron chi connectivity index (χ3n) is 2.70. The third-order valence-corrected chi connectivity index (χ3v) is 2.70. The lowest BCUT2D eigenvalue weighted by Gasteiger charge is -2.09. The van der Waals surface area contributed by atoms with Crippen LogP contribution in [0.2, 0.25) is 0 Å². The zero-order valence-corrected chi connectivity index (χ0v) is 10.7. The summed E-state index contributed by atoms with van der Waals surface area (Å²) in [6.45, 7) is 6.32. The van der Waals surface area contributed by atoms with E-state index in [0.29, 0.717) is 0 Å². The number of unbranched alkanes of at least 4 members (excludes halogenated alkanes) is 1. The Morgan fingerprint density at radius 3 is 2.69 bits per heavy atom. The summed E-state index contributed by atoms with van der Waals surface area (Å²) in [6.07, 6.45) is 5.17. The lowest BCUT2D eigenvalue weighted by atomic mass is 10.1. The Labute approximate surface area is 98.5 Å². The summed E-state index contributed by atoms with van der Waals surface area (Å²) in [6, 6.07) is 2.26. The molecule has 0 aliphatic rings. The van der Waals surface area contributed by atoms with E-state index in [4.69, 9.17) is 5.73 Å². The van der Waals surface area contributed by atoms with Crippen LogP contribution in [0, 0.1) is 6.92 Å². The molecular weight excluding hydrogens is 198 g/mol. The highest BCUT2D eigenvalue weighted by molar-refractivity contribution is 5.11. The summed E-state index contributed by atoms with van der Waals surface area (Å²) >= 11 is 0. The minimum atomic E-state index is 0.216. The van der Waals surface area contributed by atoms with Crippen LogP contribution >= 0.6 is 0 Å². The second-order valence-corrected chi connectivity index (χ2v) is 4.39. The van der Waals surface area contributed by atoms with Crippen molar-refractivity contribution in [2.75, 3.05) is 0 Å². The van der Waals surface area contributed by atoms with Crippen LogP contribution in [0.15, 0.2) is 6.07 Å². The molecule has 0 saturated carbocycles. The molecule has 1 heterocycles. The van der Waals surface area contributed by atoms with E-state index < -0.39 is 0 Å². The van der Waals surface area contributed by atoms with Gasteiger partial charge in [-0.05, 0) is 25.8 Å². The molecule has 0 aliphatic heterocycles. The second kappa shape index (κ2) is 6.59. The normalized spacial score (nSPS) is 12.8. The van der Waals surface area contributed by atoms with Gasteiger partial charge in [-0.3, -0.25) is 0 Å². The van der Waals surface area contributed by atoms with Crippen molar-refractivity contribution < 1.29 is 0 Å². The molecule has 0 fully saturated rings. The first-order valence-electron chi connectivity index (χ1n) is 6.24. The molecule has 0 aliphatic carbocycles. The molecule has 1 aromatic heterocycles. The molecule has 0 aromatic carbocycles. The number of rotatable bonds is 6. The van der Waals surface area contributed by atoms with Crippen LogP contribution in [-0.4, -0.2) is 16.0 Å². The van der Waals surface area contributed by atoms with E-state index in [1.54, 1.807) is 0 Å². The summed E-state index contributed by atoms with van der Waals surface area (Å²) < 4.78 is 0. The van der Waals surface area contributed by atoms with Gasteiger partial charge in [-0.1, -0.05) is 20.3 Å². The maximum absolute atomic E-state index is 5.94. The second-order valence-electron chi connectivity index (χ2n) is 4.39. The number of nitrogens with zero attached hydrogens (tertiary/aromatic N) is 2. The fourth-order valence-corrected chi connectivity index (χ4v) is 1.66. The highest BCUT2D eigenvalue weighted by Crippen LogP contribution is 2.07. The molecule has 0 amide bonds. The fraction of sp³-hybridized carbons (Fsp3) is 0.692. The lowest BCUT2D eigenvalue weighted by Crippen LogP contribution is -2.22. The van der Waals surface area contributed by atoms with Gasteiger partial charge < -0.3 is 5.73 Å². The summed E-state index contributed by atoms with van der Waals surface area (Å²) in [5, 5.41) is 0. The Bertz CT molecular complexity index is 323. The largest absolute Gasteiger partial charge is 0.327 e. The highest BCUT2D eigenvalue weighted by Gasteiger charge is 2.06. The van der Waals surface area contributed by atoms with E-state index in [2.05, 4.69) is 23.8 Å². The Kier molecular flexibility index (Phi) is 5.39. The summed E-state index contributed by atoms with van der Waals surface area (Å²) in [7, 11) is 0. The SMILES string of the molecule is CCCCc1nc(C)cc(CC(N)CC)n1. The molecule has 0 radical (unpaired) electrons. The zero-order chi connectivity index (χ0) is 12.0. The highest BCUT2D eigenvalue weighted by atomic mass is 14.9. The Morgan fingerprint density at radius 1 is 1.31 bits per heavy atom. The van der Waals surface area contributed by atoms with Crippen LogP contribution in [0.3, 0.4) is 0 Å². The standard InChI is InChI=1S/C13H23N3/c1-4-6-7-13-15-10(3)8-12(16-13)9-11(14)5-2/h8,11H,4-7,9,14H2,1-3H3. The third kappa shape index (κ3) is 4.27. The van der Waals surface area contributed by atoms with Gasteiger partial charge in [0.2, 0.25) is 0 Å². The van der Waals surface area contributed by atoms with E-state index in [0.717, 1.165) is 42.9 Å². The molecule has 3 heteroatoms. The van der Waals surface area contributed by atoms with Gasteiger partial charge >= 0.3 is 0 Å². The van der Waals surface area contributed by atoms with Crippen molar-refractivity contribution in [3.8, 4) is 0 Å². The molecule has 0 saturated heterocycles.